The summed E-state index contributed by atoms with van der Waals surface area (Å²) in [5, 5.41) is 0. The standard InChI is InChI=1S/C13H17N.C5H9NO/c1-13(2)7-3-11(4-8-13)12-5-9-14-10-6-12;1-6-4-2-3-5(6)7/h3,5-6,9-10H,4,7-8H2,1-2H3;2-4H2,1H3. The fraction of sp³-hybridized carbons (Fsp3) is 0.556. The molecule has 2 heterocycles. The van der Waals surface area contributed by atoms with Crippen molar-refractivity contribution in [1.82, 2.24) is 9.88 Å². The van der Waals surface area contributed by atoms with Crippen LogP contribution in [0, 0.1) is 5.41 Å². The molecule has 3 rings (SSSR count). The number of aromatic nitrogens is 1. The molecule has 0 saturated carbocycles. The van der Waals surface area contributed by atoms with Gasteiger partial charge in [-0.1, -0.05) is 19.9 Å². The molecule has 21 heavy (non-hydrogen) atoms. The van der Waals surface area contributed by atoms with Crippen molar-refractivity contribution in [2.75, 3.05) is 13.6 Å². The second-order valence-corrected chi connectivity index (χ2v) is 6.75. The van der Waals surface area contributed by atoms with Crippen molar-refractivity contribution < 1.29 is 4.79 Å². The second-order valence-electron chi connectivity index (χ2n) is 6.75. The van der Waals surface area contributed by atoms with Gasteiger partial charge in [0.2, 0.25) is 5.91 Å². The Kier molecular flexibility index (Phi) is 5.16. The topological polar surface area (TPSA) is 33.2 Å². The fourth-order valence-electron chi connectivity index (χ4n) is 2.69. The highest BCUT2D eigenvalue weighted by atomic mass is 16.2. The van der Waals surface area contributed by atoms with Crippen LogP contribution in [0.1, 0.15) is 51.5 Å². The number of carbonyl (C=O) groups excluding carboxylic acids is 1. The van der Waals surface area contributed by atoms with Crippen molar-refractivity contribution in [3.8, 4) is 0 Å². The van der Waals surface area contributed by atoms with Gasteiger partial charge in [-0.05, 0) is 54.4 Å². The second kappa shape index (κ2) is 6.88. The summed E-state index contributed by atoms with van der Waals surface area (Å²) in [7, 11) is 1.84. The van der Waals surface area contributed by atoms with Gasteiger partial charge in [-0.3, -0.25) is 9.78 Å². The average molecular weight is 286 g/mol. The van der Waals surface area contributed by atoms with Crippen molar-refractivity contribution in [3.63, 3.8) is 0 Å². The van der Waals surface area contributed by atoms with Gasteiger partial charge in [0.15, 0.2) is 0 Å². The maximum absolute atomic E-state index is 10.5. The molecule has 3 heteroatoms. The Balaban J connectivity index is 0.000000194. The Morgan fingerprint density at radius 2 is 1.90 bits per heavy atom. The van der Waals surface area contributed by atoms with Crippen LogP contribution in [0.5, 0.6) is 0 Å². The van der Waals surface area contributed by atoms with Gasteiger partial charge in [0.25, 0.3) is 0 Å². The van der Waals surface area contributed by atoms with Crippen LogP contribution < -0.4 is 0 Å². The first kappa shape index (κ1) is 15.7. The number of nitrogens with zero attached hydrogens (tertiary/aromatic N) is 2. The first-order chi connectivity index (χ1) is 9.98. The molecule has 3 nitrogen and oxygen atoms in total. The summed E-state index contributed by atoms with van der Waals surface area (Å²) in [6, 6.07) is 4.20. The molecule has 114 valence electrons. The van der Waals surface area contributed by atoms with Gasteiger partial charge < -0.3 is 4.90 Å². The van der Waals surface area contributed by atoms with E-state index in [1.807, 2.05) is 19.4 Å². The Bertz CT molecular complexity index is 505. The SMILES string of the molecule is CC1(C)CC=C(c2ccncc2)CC1.CN1CCCC1=O. The van der Waals surface area contributed by atoms with E-state index in [2.05, 4.69) is 37.0 Å². The molecule has 1 fully saturated rings. The molecule has 1 aliphatic heterocycles. The van der Waals surface area contributed by atoms with Crippen LogP contribution in [0.25, 0.3) is 5.57 Å². The average Bonchev–Trinajstić information content (AvgIpc) is 2.84. The lowest BCUT2D eigenvalue weighted by Gasteiger charge is -2.28. The van der Waals surface area contributed by atoms with Crippen LogP contribution in [0.3, 0.4) is 0 Å². The van der Waals surface area contributed by atoms with Gasteiger partial charge in [0.05, 0.1) is 0 Å². The van der Waals surface area contributed by atoms with Crippen LogP contribution in [0.2, 0.25) is 0 Å². The third kappa shape index (κ3) is 4.69. The summed E-state index contributed by atoms with van der Waals surface area (Å²) in [4.78, 5) is 16.3. The van der Waals surface area contributed by atoms with E-state index in [9.17, 15) is 4.79 Å². The number of allylic oxidation sites excluding steroid dienone is 2. The third-order valence-electron chi connectivity index (χ3n) is 4.33. The lowest BCUT2D eigenvalue weighted by atomic mass is 9.77. The van der Waals surface area contributed by atoms with Gasteiger partial charge in [0, 0.05) is 32.4 Å². The molecule has 0 atom stereocenters. The minimum absolute atomic E-state index is 0.292. The Hall–Kier alpha value is -1.64. The molecule has 1 aromatic heterocycles. The highest BCUT2D eigenvalue weighted by molar-refractivity contribution is 5.77. The van der Waals surface area contributed by atoms with E-state index in [-0.39, 0.29) is 0 Å². The molecule has 1 amide bonds. The van der Waals surface area contributed by atoms with Crippen molar-refractivity contribution in [2.24, 2.45) is 5.41 Å². The number of hydrogen-bond donors (Lipinski definition) is 0. The van der Waals surface area contributed by atoms with Crippen LogP contribution >= 0.6 is 0 Å². The highest BCUT2D eigenvalue weighted by Gasteiger charge is 2.21. The summed E-state index contributed by atoms with van der Waals surface area (Å²) < 4.78 is 0. The number of rotatable bonds is 1. The number of amides is 1. The van der Waals surface area contributed by atoms with Gasteiger partial charge in [0.1, 0.15) is 0 Å². The van der Waals surface area contributed by atoms with E-state index in [0.717, 1.165) is 19.4 Å². The van der Waals surface area contributed by atoms with Crippen molar-refractivity contribution in [2.45, 2.75) is 46.0 Å². The van der Waals surface area contributed by atoms with Gasteiger partial charge in [-0.25, -0.2) is 0 Å². The van der Waals surface area contributed by atoms with Crippen molar-refractivity contribution in [3.05, 3.63) is 36.2 Å². The number of carbonyl (C=O) groups is 1. The van der Waals surface area contributed by atoms with Crippen LogP contribution in [0.15, 0.2) is 30.6 Å². The molecule has 1 aliphatic carbocycles. The van der Waals surface area contributed by atoms with Crippen LogP contribution in [-0.2, 0) is 4.79 Å². The quantitative estimate of drug-likeness (QED) is 0.784. The third-order valence-corrected chi connectivity index (χ3v) is 4.33. The van der Waals surface area contributed by atoms with E-state index in [0.29, 0.717) is 11.3 Å². The monoisotopic (exact) mass is 286 g/mol. The molecule has 1 aromatic rings. The zero-order valence-electron chi connectivity index (χ0n) is 13.4. The maximum atomic E-state index is 10.5. The largest absolute Gasteiger partial charge is 0.346 e. The molecular weight excluding hydrogens is 260 g/mol. The smallest absolute Gasteiger partial charge is 0.222 e. The van der Waals surface area contributed by atoms with Crippen molar-refractivity contribution >= 4 is 11.5 Å². The molecule has 0 unspecified atom stereocenters. The van der Waals surface area contributed by atoms with Gasteiger partial charge in [-0.2, -0.15) is 0 Å². The number of likely N-dealkylation sites (tertiary alicyclic amines) is 1. The van der Waals surface area contributed by atoms with Crippen LogP contribution in [-0.4, -0.2) is 29.4 Å². The fourth-order valence-corrected chi connectivity index (χ4v) is 2.69. The first-order valence-corrected chi connectivity index (χ1v) is 7.81. The summed E-state index contributed by atoms with van der Waals surface area (Å²) >= 11 is 0. The Labute approximate surface area is 128 Å². The lowest BCUT2D eigenvalue weighted by molar-refractivity contribution is -0.126. The summed E-state index contributed by atoms with van der Waals surface area (Å²) in [5.74, 6) is 0.292. The normalized spacial score (nSPS) is 20.6. The van der Waals surface area contributed by atoms with Crippen LogP contribution in [0.4, 0.5) is 0 Å². The summed E-state index contributed by atoms with van der Waals surface area (Å²) in [6.07, 6.45) is 11.6. The number of pyridine rings is 1. The van der Waals surface area contributed by atoms with E-state index < -0.39 is 0 Å². The molecule has 1 saturated heterocycles. The van der Waals surface area contributed by atoms with E-state index in [4.69, 9.17) is 0 Å². The van der Waals surface area contributed by atoms with Crippen molar-refractivity contribution in [1.29, 1.82) is 0 Å². The molecule has 0 aromatic carbocycles. The summed E-state index contributed by atoms with van der Waals surface area (Å²) in [6.45, 7) is 5.64. The molecule has 2 aliphatic rings. The van der Waals surface area contributed by atoms with E-state index in [1.54, 1.807) is 4.90 Å². The zero-order chi connectivity index (χ0) is 15.3. The molecule has 0 radical (unpaired) electrons. The molecule has 0 bridgehead atoms. The molecular formula is C18H26N2O. The first-order valence-electron chi connectivity index (χ1n) is 7.81. The van der Waals surface area contributed by atoms with E-state index >= 15 is 0 Å². The Morgan fingerprint density at radius 3 is 2.33 bits per heavy atom. The summed E-state index contributed by atoms with van der Waals surface area (Å²) in [5.41, 5.74) is 3.33. The minimum atomic E-state index is 0.292. The number of hydrogen-bond acceptors (Lipinski definition) is 2. The highest BCUT2D eigenvalue weighted by Crippen LogP contribution is 2.37. The lowest BCUT2D eigenvalue weighted by Crippen LogP contribution is -2.17. The molecule has 0 spiro atoms. The zero-order valence-corrected chi connectivity index (χ0v) is 13.4. The van der Waals surface area contributed by atoms with Gasteiger partial charge in [-0.15, -0.1) is 0 Å². The van der Waals surface area contributed by atoms with Gasteiger partial charge >= 0.3 is 0 Å². The predicted molar refractivity (Wildman–Crippen MR) is 86.7 cm³/mol. The minimum Gasteiger partial charge on any atom is -0.346 e. The Morgan fingerprint density at radius 1 is 1.19 bits per heavy atom. The predicted octanol–water partition coefficient (Wildman–Crippen LogP) is 3.91. The molecule has 0 N–H and O–H groups in total. The van der Waals surface area contributed by atoms with E-state index in [1.165, 1.54) is 30.4 Å². The maximum Gasteiger partial charge on any atom is 0.222 e.